The number of nitrogens with one attached hydrogen (secondary N) is 1. The molecule has 0 spiro atoms. The first-order chi connectivity index (χ1) is 20.0. The molecule has 1 fully saturated rings. The van der Waals surface area contributed by atoms with Gasteiger partial charge in [-0.05, 0) is 60.0 Å². The Bertz CT molecular complexity index is 1440. The summed E-state index contributed by atoms with van der Waals surface area (Å²) >= 11 is 0. The quantitative estimate of drug-likeness (QED) is 0.281. The second kappa shape index (κ2) is 13.2. The minimum atomic E-state index is -0.907. The van der Waals surface area contributed by atoms with Crippen LogP contribution in [0.4, 0.5) is 15.8 Å². The lowest BCUT2D eigenvalue weighted by atomic mass is 10.00. The van der Waals surface area contributed by atoms with Gasteiger partial charge in [-0.3, -0.25) is 9.59 Å². The summed E-state index contributed by atoms with van der Waals surface area (Å²) in [4.78, 5) is 31.8. The van der Waals surface area contributed by atoms with Crippen molar-refractivity contribution in [2.24, 2.45) is 0 Å². The zero-order chi connectivity index (χ0) is 28.6. The van der Waals surface area contributed by atoms with Crippen LogP contribution in [-0.2, 0) is 27.3 Å². The van der Waals surface area contributed by atoms with Gasteiger partial charge in [0, 0.05) is 31.0 Å². The predicted octanol–water partition coefficient (Wildman–Crippen LogP) is 5.92. The van der Waals surface area contributed by atoms with Crippen molar-refractivity contribution in [2.75, 3.05) is 36.5 Å². The SMILES string of the molecule is Cc1ccc([C@@H](C(=O)Nc2ccc(N3CCOCC3)cc2)N(Cc2ccc(F)cc2)C(=O)Cc2ccccc2)cc1. The third kappa shape index (κ3) is 7.38. The molecule has 0 saturated carbocycles. The highest BCUT2D eigenvalue weighted by Gasteiger charge is 2.32. The largest absolute Gasteiger partial charge is 0.378 e. The molecule has 5 rings (SSSR count). The highest BCUT2D eigenvalue weighted by atomic mass is 19.1. The molecule has 1 aliphatic heterocycles. The maximum Gasteiger partial charge on any atom is 0.251 e. The van der Waals surface area contributed by atoms with Crippen molar-refractivity contribution in [1.82, 2.24) is 4.90 Å². The van der Waals surface area contributed by atoms with Crippen LogP contribution in [0.3, 0.4) is 0 Å². The first kappa shape index (κ1) is 28.1. The van der Waals surface area contributed by atoms with E-state index >= 15 is 0 Å². The minimum Gasteiger partial charge on any atom is -0.378 e. The summed E-state index contributed by atoms with van der Waals surface area (Å²) in [6.07, 6.45) is 0.131. The van der Waals surface area contributed by atoms with Gasteiger partial charge in [-0.1, -0.05) is 72.3 Å². The fraction of sp³-hybridized carbons (Fsp3) is 0.235. The van der Waals surface area contributed by atoms with E-state index in [2.05, 4.69) is 10.2 Å². The van der Waals surface area contributed by atoms with E-state index < -0.39 is 6.04 Å². The zero-order valence-electron chi connectivity index (χ0n) is 23.1. The van der Waals surface area contributed by atoms with Crippen LogP contribution in [-0.4, -0.2) is 43.0 Å². The van der Waals surface area contributed by atoms with Crippen LogP contribution >= 0.6 is 0 Å². The molecule has 1 saturated heterocycles. The number of amides is 2. The van der Waals surface area contributed by atoms with E-state index in [9.17, 15) is 14.0 Å². The molecule has 4 aromatic rings. The molecule has 1 atom stereocenters. The molecule has 4 aromatic carbocycles. The van der Waals surface area contributed by atoms with Crippen molar-refractivity contribution in [1.29, 1.82) is 0 Å². The van der Waals surface area contributed by atoms with Crippen LogP contribution in [0.2, 0.25) is 0 Å². The minimum absolute atomic E-state index is 0.131. The summed E-state index contributed by atoms with van der Waals surface area (Å²) in [6.45, 7) is 5.15. The number of morpholine rings is 1. The average Bonchev–Trinajstić information content (AvgIpc) is 3.00. The smallest absolute Gasteiger partial charge is 0.251 e. The Labute approximate surface area is 240 Å². The van der Waals surface area contributed by atoms with Gasteiger partial charge in [0.1, 0.15) is 11.9 Å². The average molecular weight is 552 g/mol. The molecule has 6 nitrogen and oxygen atoms in total. The van der Waals surface area contributed by atoms with E-state index in [1.54, 1.807) is 17.0 Å². The summed E-state index contributed by atoms with van der Waals surface area (Å²) in [5.74, 6) is -0.885. The molecule has 210 valence electrons. The lowest BCUT2D eigenvalue weighted by Crippen LogP contribution is -2.41. The Kier molecular flexibility index (Phi) is 9.06. The fourth-order valence-corrected chi connectivity index (χ4v) is 4.99. The Morgan fingerprint density at radius 2 is 1.51 bits per heavy atom. The topological polar surface area (TPSA) is 61.9 Å². The normalized spacial score (nSPS) is 13.9. The molecule has 0 unspecified atom stereocenters. The number of hydrogen-bond donors (Lipinski definition) is 1. The standard InChI is InChI=1S/C34H34FN3O3/c1-25-7-11-28(12-8-25)33(34(40)36-30-15-17-31(18-16-30)37-19-21-41-22-20-37)38(24-27-9-13-29(35)14-10-27)32(39)23-26-5-3-2-4-6-26/h2-18,33H,19-24H2,1H3,(H,36,40)/t33-/m0/s1. The second-order valence-electron chi connectivity index (χ2n) is 10.3. The first-order valence-electron chi connectivity index (χ1n) is 13.8. The van der Waals surface area contributed by atoms with Gasteiger partial charge in [0.05, 0.1) is 19.6 Å². The van der Waals surface area contributed by atoms with E-state index in [-0.39, 0.29) is 30.6 Å². The van der Waals surface area contributed by atoms with E-state index in [1.807, 2.05) is 85.8 Å². The summed E-state index contributed by atoms with van der Waals surface area (Å²) in [5, 5.41) is 3.04. The molecule has 1 N–H and O–H groups in total. The van der Waals surface area contributed by atoms with Crippen molar-refractivity contribution in [2.45, 2.75) is 25.9 Å². The second-order valence-corrected chi connectivity index (χ2v) is 10.3. The molecular weight excluding hydrogens is 517 g/mol. The van der Waals surface area contributed by atoms with Crippen LogP contribution < -0.4 is 10.2 Å². The number of hydrogen-bond acceptors (Lipinski definition) is 4. The number of ether oxygens (including phenoxy) is 1. The molecule has 0 radical (unpaired) electrons. The predicted molar refractivity (Wildman–Crippen MR) is 159 cm³/mol. The molecule has 2 amide bonds. The van der Waals surface area contributed by atoms with Gasteiger partial charge in [0.25, 0.3) is 5.91 Å². The molecule has 7 heteroatoms. The fourth-order valence-electron chi connectivity index (χ4n) is 4.99. The van der Waals surface area contributed by atoms with E-state index in [4.69, 9.17) is 4.74 Å². The van der Waals surface area contributed by atoms with Gasteiger partial charge < -0.3 is 19.9 Å². The zero-order valence-corrected chi connectivity index (χ0v) is 23.1. The number of carbonyl (C=O) groups is 2. The van der Waals surface area contributed by atoms with E-state index in [0.717, 1.165) is 35.5 Å². The van der Waals surface area contributed by atoms with Gasteiger partial charge in [-0.2, -0.15) is 0 Å². The molecule has 0 bridgehead atoms. The van der Waals surface area contributed by atoms with Crippen LogP contribution in [0, 0.1) is 12.7 Å². The van der Waals surface area contributed by atoms with Gasteiger partial charge >= 0.3 is 0 Å². The number of anilines is 2. The molecular formula is C34H34FN3O3. The highest BCUT2D eigenvalue weighted by molar-refractivity contribution is 5.98. The van der Waals surface area contributed by atoms with Crippen molar-refractivity contribution in [3.63, 3.8) is 0 Å². The number of aryl methyl sites for hydroxylation is 1. The molecule has 1 heterocycles. The number of carbonyl (C=O) groups excluding carboxylic acids is 2. The molecule has 0 aliphatic carbocycles. The van der Waals surface area contributed by atoms with Crippen LogP contribution in [0.1, 0.15) is 28.3 Å². The summed E-state index contributed by atoms with van der Waals surface area (Å²) in [7, 11) is 0. The maximum atomic E-state index is 14.0. The number of halogens is 1. The molecule has 0 aromatic heterocycles. The van der Waals surface area contributed by atoms with Crippen molar-refractivity contribution in [3.05, 3.63) is 131 Å². The van der Waals surface area contributed by atoms with Crippen molar-refractivity contribution >= 4 is 23.2 Å². The number of benzene rings is 4. The molecule has 41 heavy (non-hydrogen) atoms. The maximum absolute atomic E-state index is 14.0. The van der Waals surface area contributed by atoms with Crippen LogP contribution in [0.5, 0.6) is 0 Å². The monoisotopic (exact) mass is 551 g/mol. The van der Waals surface area contributed by atoms with Gasteiger partial charge in [-0.15, -0.1) is 0 Å². The van der Waals surface area contributed by atoms with Crippen molar-refractivity contribution < 1.29 is 18.7 Å². The lowest BCUT2D eigenvalue weighted by molar-refractivity contribution is -0.139. The third-order valence-corrected chi connectivity index (χ3v) is 7.25. The number of rotatable bonds is 9. The van der Waals surface area contributed by atoms with Crippen molar-refractivity contribution in [3.8, 4) is 0 Å². The first-order valence-corrected chi connectivity index (χ1v) is 13.8. The molecule has 1 aliphatic rings. The third-order valence-electron chi connectivity index (χ3n) is 7.25. The van der Waals surface area contributed by atoms with Crippen LogP contribution in [0.25, 0.3) is 0 Å². The number of nitrogens with zero attached hydrogens (tertiary/aromatic N) is 2. The van der Waals surface area contributed by atoms with Crippen LogP contribution in [0.15, 0.2) is 103 Å². The lowest BCUT2D eigenvalue weighted by Gasteiger charge is -2.32. The van der Waals surface area contributed by atoms with Gasteiger partial charge in [0.15, 0.2) is 0 Å². The Balaban J connectivity index is 1.45. The summed E-state index contributed by atoms with van der Waals surface area (Å²) < 4.78 is 19.1. The van der Waals surface area contributed by atoms with Gasteiger partial charge in [0.2, 0.25) is 5.91 Å². The van der Waals surface area contributed by atoms with E-state index in [1.165, 1.54) is 12.1 Å². The van der Waals surface area contributed by atoms with E-state index in [0.29, 0.717) is 24.5 Å². The summed E-state index contributed by atoms with van der Waals surface area (Å²) in [6, 6.07) is 29.9. The Morgan fingerprint density at radius 3 is 2.17 bits per heavy atom. The highest BCUT2D eigenvalue weighted by Crippen LogP contribution is 2.28. The summed E-state index contributed by atoms with van der Waals surface area (Å²) in [5.41, 5.74) is 5.03. The Hall–Kier alpha value is -4.49. The van der Waals surface area contributed by atoms with Gasteiger partial charge in [-0.25, -0.2) is 4.39 Å². The Morgan fingerprint density at radius 1 is 0.854 bits per heavy atom.